The van der Waals surface area contributed by atoms with Crippen molar-refractivity contribution in [3.8, 4) is 0 Å². The van der Waals surface area contributed by atoms with Gasteiger partial charge in [-0.05, 0) is 12.1 Å². The summed E-state index contributed by atoms with van der Waals surface area (Å²) < 4.78 is 0. The van der Waals surface area contributed by atoms with Gasteiger partial charge in [0.1, 0.15) is 5.82 Å². The monoisotopic (exact) mass is 153 g/mol. The van der Waals surface area contributed by atoms with Crippen molar-refractivity contribution in [1.82, 2.24) is 4.98 Å². The third-order valence-electron chi connectivity index (χ3n) is 1.04. The Kier molecular flexibility index (Phi) is 1.91. The number of nitrogens with two attached hydrogens (primary N) is 1. The maximum absolute atomic E-state index is 10.1. The number of amides is 1. The Labute approximate surface area is 62.9 Å². The van der Waals surface area contributed by atoms with Crippen LogP contribution >= 0.6 is 0 Å². The number of nitrogen functional groups attached to an aromatic ring is 1. The van der Waals surface area contributed by atoms with E-state index >= 15 is 0 Å². The minimum atomic E-state index is -1.11. The van der Waals surface area contributed by atoms with Gasteiger partial charge < -0.3 is 10.8 Å². The van der Waals surface area contributed by atoms with Gasteiger partial charge in [0.15, 0.2) is 0 Å². The van der Waals surface area contributed by atoms with Crippen molar-refractivity contribution < 1.29 is 9.90 Å². The average Bonchev–Trinajstić information content (AvgIpc) is 1.93. The number of aromatic nitrogens is 1. The maximum Gasteiger partial charge on any atom is 0.409 e. The first-order chi connectivity index (χ1) is 5.18. The van der Waals surface area contributed by atoms with Crippen molar-refractivity contribution in [2.75, 3.05) is 11.1 Å². The van der Waals surface area contributed by atoms with E-state index in [1.54, 1.807) is 0 Å². The van der Waals surface area contributed by atoms with Crippen LogP contribution in [0.15, 0.2) is 18.3 Å². The van der Waals surface area contributed by atoms with Gasteiger partial charge >= 0.3 is 6.09 Å². The van der Waals surface area contributed by atoms with Crippen LogP contribution in [0.3, 0.4) is 0 Å². The lowest BCUT2D eigenvalue weighted by molar-refractivity contribution is 0.209. The summed E-state index contributed by atoms with van der Waals surface area (Å²) in [6.45, 7) is 0. The predicted octanol–water partition coefficient (Wildman–Crippen LogP) is 0.754. The second-order valence-corrected chi connectivity index (χ2v) is 1.90. The molecule has 0 fully saturated rings. The highest BCUT2D eigenvalue weighted by Crippen LogP contribution is 2.05. The van der Waals surface area contributed by atoms with Gasteiger partial charge in [0.05, 0.1) is 11.9 Å². The fourth-order valence-corrected chi connectivity index (χ4v) is 0.603. The molecule has 0 aromatic carbocycles. The first kappa shape index (κ1) is 7.33. The van der Waals surface area contributed by atoms with Crippen molar-refractivity contribution >= 4 is 17.6 Å². The van der Waals surface area contributed by atoms with E-state index in [0.29, 0.717) is 11.5 Å². The summed E-state index contributed by atoms with van der Waals surface area (Å²) in [6, 6.07) is 3.06. The van der Waals surface area contributed by atoms with Crippen LogP contribution in [0.5, 0.6) is 0 Å². The summed E-state index contributed by atoms with van der Waals surface area (Å²) >= 11 is 0. The summed E-state index contributed by atoms with van der Waals surface area (Å²) in [5.41, 5.74) is 5.68. The Bertz CT molecular complexity index is 257. The van der Waals surface area contributed by atoms with E-state index in [9.17, 15) is 4.79 Å². The molecule has 0 spiro atoms. The fraction of sp³-hybridized carbons (Fsp3) is 0. The summed E-state index contributed by atoms with van der Waals surface area (Å²) in [5, 5.41) is 10.4. The van der Waals surface area contributed by atoms with Crippen LogP contribution in [0.4, 0.5) is 16.3 Å². The van der Waals surface area contributed by atoms with E-state index in [2.05, 4.69) is 10.3 Å². The molecule has 0 unspecified atom stereocenters. The lowest BCUT2D eigenvalue weighted by Gasteiger charge is -1.98. The van der Waals surface area contributed by atoms with Gasteiger partial charge in [-0.15, -0.1) is 0 Å². The van der Waals surface area contributed by atoms with Crippen LogP contribution in [-0.2, 0) is 0 Å². The molecule has 0 aliphatic carbocycles. The number of hydrogen-bond donors (Lipinski definition) is 3. The number of carbonyl (C=O) groups is 1. The van der Waals surface area contributed by atoms with Gasteiger partial charge in [0, 0.05) is 0 Å². The highest BCUT2D eigenvalue weighted by Gasteiger charge is 1.95. The summed E-state index contributed by atoms with van der Waals surface area (Å²) in [6.07, 6.45) is 0.236. The number of nitrogens with zero attached hydrogens (tertiary/aromatic N) is 1. The molecule has 5 nitrogen and oxygen atoms in total. The molecule has 1 amide bonds. The molecule has 0 aliphatic rings. The van der Waals surface area contributed by atoms with Crippen molar-refractivity contribution in [3.63, 3.8) is 0 Å². The summed E-state index contributed by atoms with van der Waals surface area (Å²) in [7, 11) is 0. The van der Waals surface area contributed by atoms with Crippen molar-refractivity contribution in [2.24, 2.45) is 0 Å². The molecule has 0 saturated carbocycles. The molecular formula is C6H7N3O2. The van der Waals surface area contributed by atoms with Crippen molar-refractivity contribution in [2.45, 2.75) is 0 Å². The summed E-state index contributed by atoms with van der Waals surface area (Å²) in [4.78, 5) is 13.8. The van der Waals surface area contributed by atoms with Crippen LogP contribution in [-0.4, -0.2) is 16.2 Å². The number of anilines is 2. The molecule has 0 radical (unpaired) electrons. The molecule has 4 N–H and O–H groups in total. The molecule has 5 heteroatoms. The van der Waals surface area contributed by atoms with Gasteiger partial charge in [-0.3, -0.25) is 5.32 Å². The van der Waals surface area contributed by atoms with Crippen LogP contribution < -0.4 is 11.1 Å². The summed E-state index contributed by atoms with van der Waals surface area (Å²) in [5.74, 6) is 0.362. The van der Waals surface area contributed by atoms with E-state index in [-0.39, 0.29) is 0 Å². The van der Waals surface area contributed by atoms with E-state index in [1.807, 2.05) is 0 Å². The molecule has 0 atom stereocenters. The Morgan fingerprint density at radius 1 is 1.64 bits per heavy atom. The molecule has 11 heavy (non-hydrogen) atoms. The zero-order chi connectivity index (χ0) is 8.27. The second kappa shape index (κ2) is 2.87. The number of hydrogen-bond acceptors (Lipinski definition) is 3. The van der Waals surface area contributed by atoms with Crippen LogP contribution in [0.1, 0.15) is 0 Å². The number of pyridine rings is 1. The maximum atomic E-state index is 10.1. The largest absolute Gasteiger partial charge is 0.465 e. The standard InChI is InChI=1S/C6H7N3O2/c7-5-2-1-4(3-8-5)9-6(10)11/h1-3,9H,(H2,7,8)(H,10,11). The van der Waals surface area contributed by atoms with E-state index < -0.39 is 6.09 Å². The number of rotatable bonds is 1. The molecule has 1 rings (SSSR count). The van der Waals surface area contributed by atoms with E-state index in [0.717, 1.165) is 0 Å². The topological polar surface area (TPSA) is 88.2 Å². The molecule has 1 aromatic heterocycles. The lowest BCUT2D eigenvalue weighted by atomic mass is 10.4. The highest BCUT2D eigenvalue weighted by molar-refractivity contribution is 5.82. The van der Waals surface area contributed by atoms with Gasteiger partial charge in [0.25, 0.3) is 0 Å². The third kappa shape index (κ3) is 2.13. The highest BCUT2D eigenvalue weighted by atomic mass is 16.4. The zero-order valence-corrected chi connectivity index (χ0v) is 5.61. The van der Waals surface area contributed by atoms with Crippen LogP contribution in [0.25, 0.3) is 0 Å². The van der Waals surface area contributed by atoms with E-state index in [1.165, 1.54) is 18.3 Å². The third-order valence-corrected chi connectivity index (χ3v) is 1.04. The van der Waals surface area contributed by atoms with Crippen LogP contribution in [0.2, 0.25) is 0 Å². The Morgan fingerprint density at radius 3 is 2.82 bits per heavy atom. The van der Waals surface area contributed by atoms with Crippen molar-refractivity contribution in [1.29, 1.82) is 0 Å². The number of nitrogens with one attached hydrogen (secondary N) is 1. The minimum absolute atomic E-state index is 0.362. The zero-order valence-electron chi connectivity index (χ0n) is 5.61. The average molecular weight is 153 g/mol. The van der Waals surface area contributed by atoms with Crippen LogP contribution in [0, 0.1) is 0 Å². The molecule has 0 saturated heterocycles. The Morgan fingerprint density at radius 2 is 2.36 bits per heavy atom. The molecule has 1 heterocycles. The Balaban J connectivity index is 2.74. The van der Waals surface area contributed by atoms with E-state index in [4.69, 9.17) is 10.8 Å². The molecule has 0 aliphatic heterocycles. The normalized spacial score (nSPS) is 9.09. The second-order valence-electron chi connectivity index (χ2n) is 1.90. The van der Waals surface area contributed by atoms with Gasteiger partial charge in [-0.1, -0.05) is 0 Å². The Hall–Kier alpha value is -1.78. The molecule has 1 aromatic rings. The first-order valence-electron chi connectivity index (χ1n) is 2.90. The van der Waals surface area contributed by atoms with Crippen molar-refractivity contribution in [3.05, 3.63) is 18.3 Å². The quantitative estimate of drug-likeness (QED) is 0.555. The van der Waals surface area contributed by atoms with Gasteiger partial charge in [-0.25, -0.2) is 9.78 Å². The first-order valence-corrected chi connectivity index (χ1v) is 2.90. The molecule has 58 valence electrons. The minimum Gasteiger partial charge on any atom is -0.465 e. The van der Waals surface area contributed by atoms with Gasteiger partial charge in [0.2, 0.25) is 0 Å². The smallest absolute Gasteiger partial charge is 0.409 e. The van der Waals surface area contributed by atoms with Gasteiger partial charge in [-0.2, -0.15) is 0 Å². The molecular weight excluding hydrogens is 146 g/mol. The SMILES string of the molecule is Nc1ccc(NC(=O)O)cn1. The fourth-order valence-electron chi connectivity index (χ4n) is 0.603. The lowest BCUT2D eigenvalue weighted by Crippen LogP contribution is -2.07. The molecule has 0 bridgehead atoms. The number of carboxylic acid groups (broad SMARTS) is 1. The predicted molar refractivity (Wildman–Crippen MR) is 40.3 cm³/mol.